The van der Waals surface area contributed by atoms with Crippen molar-refractivity contribution in [3.8, 4) is 11.5 Å². The first kappa shape index (κ1) is 16.7. The summed E-state index contributed by atoms with van der Waals surface area (Å²) < 4.78 is 10.7. The van der Waals surface area contributed by atoms with Gasteiger partial charge in [-0.15, -0.1) is 0 Å². The second-order valence-corrected chi connectivity index (χ2v) is 5.78. The Bertz CT molecular complexity index is 645. The van der Waals surface area contributed by atoms with Gasteiger partial charge in [0.1, 0.15) is 0 Å². The Balaban J connectivity index is 2.41. The quantitative estimate of drug-likeness (QED) is 0.762. The zero-order valence-electron chi connectivity index (χ0n) is 12.5. The minimum absolute atomic E-state index is 0.270. The Morgan fingerprint density at radius 2 is 2.00 bits per heavy atom. The molecule has 0 spiro atoms. The molecule has 2 amide bonds. The zero-order chi connectivity index (χ0) is 16.3. The fraction of sp³-hybridized carbons (Fsp3) is 0.333. The molecule has 1 aliphatic rings. The van der Waals surface area contributed by atoms with Crippen LogP contribution < -0.4 is 9.47 Å². The number of ether oxygens (including phenoxy) is 2. The summed E-state index contributed by atoms with van der Waals surface area (Å²) in [7, 11) is 1.53. The van der Waals surface area contributed by atoms with Gasteiger partial charge in [-0.1, -0.05) is 11.6 Å². The Labute approximate surface area is 138 Å². The van der Waals surface area contributed by atoms with Crippen LogP contribution in [-0.2, 0) is 4.79 Å². The minimum Gasteiger partial charge on any atom is -0.493 e. The molecule has 2 rings (SSSR count). The average molecular weight is 342 g/mol. The standard InChI is InChI=1S/C15H16ClNO4S/c1-4-17-14(18)13(22-15(17)19)7-9-6-12(21-5-2)11(20-3)8-10(9)16/h6-8H,4-5H2,1-3H3/b13-7+. The number of thioether (sulfide) groups is 1. The normalized spacial score (nSPS) is 16.5. The summed E-state index contributed by atoms with van der Waals surface area (Å²) in [6.45, 7) is 4.44. The van der Waals surface area contributed by atoms with Gasteiger partial charge < -0.3 is 9.47 Å². The second-order valence-electron chi connectivity index (χ2n) is 4.38. The molecule has 0 radical (unpaired) electrons. The molecule has 1 aromatic rings. The molecule has 22 heavy (non-hydrogen) atoms. The molecule has 118 valence electrons. The van der Waals surface area contributed by atoms with Crippen LogP contribution in [0.3, 0.4) is 0 Å². The third-order valence-corrected chi connectivity index (χ3v) is 4.29. The second kappa shape index (κ2) is 7.07. The molecule has 0 bridgehead atoms. The van der Waals surface area contributed by atoms with E-state index in [0.29, 0.717) is 40.1 Å². The van der Waals surface area contributed by atoms with Gasteiger partial charge in [-0.3, -0.25) is 14.5 Å². The molecule has 0 aliphatic carbocycles. The van der Waals surface area contributed by atoms with Gasteiger partial charge in [0.25, 0.3) is 11.1 Å². The van der Waals surface area contributed by atoms with Crippen LogP contribution >= 0.6 is 23.4 Å². The van der Waals surface area contributed by atoms with Crippen molar-refractivity contribution in [2.24, 2.45) is 0 Å². The Kier molecular flexibility index (Phi) is 5.37. The summed E-state index contributed by atoms with van der Waals surface area (Å²) in [4.78, 5) is 25.4. The van der Waals surface area contributed by atoms with Crippen molar-refractivity contribution in [2.45, 2.75) is 13.8 Å². The molecule has 1 heterocycles. The third kappa shape index (κ3) is 3.23. The van der Waals surface area contributed by atoms with Gasteiger partial charge in [0.05, 0.1) is 23.6 Å². The number of likely N-dealkylation sites (N-methyl/N-ethyl adjacent to an activating group) is 1. The predicted octanol–water partition coefficient (Wildman–Crippen LogP) is 3.80. The van der Waals surface area contributed by atoms with E-state index in [-0.39, 0.29) is 11.1 Å². The lowest BCUT2D eigenvalue weighted by atomic mass is 10.1. The molecule has 1 aliphatic heterocycles. The first-order valence-electron chi connectivity index (χ1n) is 6.77. The average Bonchev–Trinajstić information content (AvgIpc) is 2.76. The highest BCUT2D eigenvalue weighted by molar-refractivity contribution is 8.18. The van der Waals surface area contributed by atoms with Gasteiger partial charge in [-0.2, -0.15) is 0 Å². The summed E-state index contributed by atoms with van der Waals surface area (Å²) in [5, 5.41) is 0.150. The van der Waals surface area contributed by atoms with Crippen LogP contribution in [-0.4, -0.2) is 36.3 Å². The molecule has 0 atom stereocenters. The molecule has 1 saturated heterocycles. The maximum absolute atomic E-state index is 12.1. The number of imide groups is 1. The van der Waals surface area contributed by atoms with E-state index in [2.05, 4.69) is 0 Å². The molecule has 1 aromatic carbocycles. The topological polar surface area (TPSA) is 55.8 Å². The third-order valence-electron chi connectivity index (χ3n) is 3.06. The number of halogens is 1. The van der Waals surface area contributed by atoms with Gasteiger partial charge >= 0.3 is 0 Å². The Morgan fingerprint density at radius 3 is 2.55 bits per heavy atom. The van der Waals surface area contributed by atoms with Crippen LogP contribution in [0.25, 0.3) is 6.08 Å². The van der Waals surface area contributed by atoms with Crippen molar-refractivity contribution in [1.82, 2.24) is 4.90 Å². The highest BCUT2D eigenvalue weighted by Gasteiger charge is 2.33. The van der Waals surface area contributed by atoms with Gasteiger partial charge in [0, 0.05) is 12.6 Å². The lowest BCUT2D eigenvalue weighted by Crippen LogP contribution is -2.27. The van der Waals surface area contributed by atoms with E-state index < -0.39 is 0 Å². The van der Waals surface area contributed by atoms with Crippen LogP contribution in [0, 0.1) is 0 Å². The van der Waals surface area contributed by atoms with Crippen molar-refractivity contribution in [2.75, 3.05) is 20.3 Å². The van der Waals surface area contributed by atoms with Crippen molar-refractivity contribution in [1.29, 1.82) is 0 Å². The monoisotopic (exact) mass is 341 g/mol. The van der Waals surface area contributed by atoms with E-state index in [1.165, 1.54) is 12.0 Å². The van der Waals surface area contributed by atoms with E-state index >= 15 is 0 Å². The number of benzene rings is 1. The van der Waals surface area contributed by atoms with E-state index in [9.17, 15) is 9.59 Å². The largest absolute Gasteiger partial charge is 0.493 e. The number of methoxy groups -OCH3 is 1. The SMILES string of the molecule is CCOc1cc(/C=C2/SC(=O)N(CC)C2=O)c(Cl)cc1OC. The lowest BCUT2D eigenvalue weighted by Gasteiger charge is -2.11. The molecule has 5 nitrogen and oxygen atoms in total. The summed E-state index contributed by atoms with van der Waals surface area (Å²) >= 11 is 7.12. The molecule has 0 saturated carbocycles. The Morgan fingerprint density at radius 1 is 1.27 bits per heavy atom. The highest BCUT2D eigenvalue weighted by atomic mass is 35.5. The number of nitrogens with zero attached hydrogens (tertiary/aromatic N) is 1. The molecular weight excluding hydrogens is 326 g/mol. The van der Waals surface area contributed by atoms with Crippen molar-refractivity contribution >= 4 is 40.6 Å². The number of hydrogen-bond acceptors (Lipinski definition) is 5. The van der Waals surface area contributed by atoms with Crippen molar-refractivity contribution in [3.63, 3.8) is 0 Å². The number of rotatable bonds is 5. The molecule has 1 fully saturated rings. The molecule has 0 unspecified atom stereocenters. The number of hydrogen-bond donors (Lipinski definition) is 0. The number of amides is 2. The molecular formula is C15H16ClNO4S. The van der Waals surface area contributed by atoms with E-state index in [1.54, 1.807) is 25.1 Å². The van der Waals surface area contributed by atoms with E-state index in [0.717, 1.165) is 11.8 Å². The lowest BCUT2D eigenvalue weighted by molar-refractivity contribution is -0.122. The van der Waals surface area contributed by atoms with Gasteiger partial charge in [-0.05, 0) is 43.3 Å². The van der Waals surface area contributed by atoms with Crippen LogP contribution in [0.4, 0.5) is 4.79 Å². The maximum atomic E-state index is 12.1. The van der Waals surface area contributed by atoms with Gasteiger partial charge in [0.15, 0.2) is 11.5 Å². The summed E-state index contributed by atoms with van der Waals surface area (Å²) in [5.41, 5.74) is 0.604. The summed E-state index contributed by atoms with van der Waals surface area (Å²) in [5.74, 6) is 0.753. The van der Waals surface area contributed by atoms with Crippen molar-refractivity contribution in [3.05, 3.63) is 27.6 Å². The molecule has 0 N–H and O–H groups in total. The first-order chi connectivity index (χ1) is 10.5. The van der Waals surface area contributed by atoms with Gasteiger partial charge in [0.2, 0.25) is 0 Å². The van der Waals surface area contributed by atoms with Crippen LogP contribution in [0.5, 0.6) is 11.5 Å². The smallest absolute Gasteiger partial charge is 0.293 e. The van der Waals surface area contributed by atoms with Crippen molar-refractivity contribution < 1.29 is 19.1 Å². The highest BCUT2D eigenvalue weighted by Crippen LogP contribution is 2.37. The van der Waals surface area contributed by atoms with Crippen LogP contribution in [0.1, 0.15) is 19.4 Å². The van der Waals surface area contributed by atoms with E-state index in [1.807, 2.05) is 6.92 Å². The molecule has 7 heteroatoms. The number of carbonyl (C=O) groups excluding carboxylic acids is 2. The first-order valence-corrected chi connectivity index (χ1v) is 7.96. The van der Waals surface area contributed by atoms with Gasteiger partial charge in [-0.25, -0.2) is 0 Å². The van der Waals surface area contributed by atoms with Crippen LogP contribution in [0.15, 0.2) is 17.0 Å². The zero-order valence-corrected chi connectivity index (χ0v) is 14.1. The fourth-order valence-electron chi connectivity index (χ4n) is 2.00. The predicted molar refractivity (Wildman–Crippen MR) is 87.5 cm³/mol. The summed E-state index contributed by atoms with van der Waals surface area (Å²) in [6, 6.07) is 3.33. The number of carbonyl (C=O) groups is 2. The maximum Gasteiger partial charge on any atom is 0.293 e. The van der Waals surface area contributed by atoms with Crippen LogP contribution in [0.2, 0.25) is 5.02 Å². The molecule has 0 aromatic heterocycles. The van der Waals surface area contributed by atoms with E-state index in [4.69, 9.17) is 21.1 Å². The summed E-state index contributed by atoms with van der Waals surface area (Å²) in [6.07, 6.45) is 1.60. The Hall–Kier alpha value is -1.66. The fourth-order valence-corrected chi connectivity index (χ4v) is 3.11. The minimum atomic E-state index is -0.303.